The molecule has 4 rings (SSSR count). The van der Waals surface area contributed by atoms with Gasteiger partial charge in [0.2, 0.25) is 0 Å². The average molecular weight is 410 g/mol. The Balaban J connectivity index is 1.55. The summed E-state index contributed by atoms with van der Waals surface area (Å²) in [6, 6.07) is 6.73. The van der Waals surface area contributed by atoms with Gasteiger partial charge in [-0.15, -0.1) is 10.2 Å². The van der Waals surface area contributed by atoms with E-state index < -0.39 is 17.6 Å². The molecule has 8 nitrogen and oxygen atoms in total. The van der Waals surface area contributed by atoms with Crippen LogP contribution in [-0.2, 0) is 0 Å². The van der Waals surface area contributed by atoms with Crippen molar-refractivity contribution in [3.63, 3.8) is 0 Å². The summed E-state index contributed by atoms with van der Waals surface area (Å²) in [6.07, 6.45) is 6.27. The normalized spacial score (nSPS) is 15.6. The number of benzene rings is 1. The number of nitrogens with zero attached hydrogens (tertiary/aromatic N) is 3. The van der Waals surface area contributed by atoms with Crippen LogP contribution in [0.25, 0.3) is 11.0 Å². The summed E-state index contributed by atoms with van der Waals surface area (Å²) in [6.45, 7) is 5.68. The molecule has 2 aromatic heterocycles. The Bertz CT molecular complexity index is 1110. The standard InChI is InChI=1S/C22H26N4O4/c1-13(2)29-17-9-8-15-10-18(22(28)30-19(15)11-17)21(27)24-14(3)20-25-23-12-26(20)16-6-4-5-7-16/h8-14,16H,4-7H2,1-3H3,(H,24,27). The molecule has 0 radical (unpaired) electrons. The van der Waals surface area contributed by atoms with Gasteiger partial charge in [-0.3, -0.25) is 4.79 Å². The largest absolute Gasteiger partial charge is 0.491 e. The topological polar surface area (TPSA) is 99.2 Å². The smallest absolute Gasteiger partial charge is 0.349 e. The Morgan fingerprint density at radius 3 is 2.73 bits per heavy atom. The molecule has 0 spiro atoms. The lowest BCUT2D eigenvalue weighted by molar-refractivity contribution is 0.0933. The zero-order valence-electron chi connectivity index (χ0n) is 17.4. The summed E-state index contributed by atoms with van der Waals surface area (Å²) in [5.41, 5.74) is -0.353. The number of carbonyl (C=O) groups excluding carboxylic acids is 1. The number of ether oxygens (including phenoxy) is 1. The number of amides is 1. The molecule has 1 atom stereocenters. The van der Waals surface area contributed by atoms with Crippen LogP contribution in [0.15, 0.2) is 39.8 Å². The van der Waals surface area contributed by atoms with Crippen LogP contribution in [-0.4, -0.2) is 26.8 Å². The van der Waals surface area contributed by atoms with E-state index >= 15 is 0 Å². The first-order valence-corrected chi connectivity index (χ1v) is 10.4. The zero-order valence-corrected chi connectivity index (χ0v) is 17.4. The number of rotatable bonds is 6. The minimum absolute atomic E-state index is 0.00647. The van der Waals surface area contributed by atoms with E-state index in [0.29, 0.717) is 28.6 Å². The van der Waals surface area contributed by atoms with Crippen molar-refractivity contribution in [3.8, 4) is 5.75 Å². The molecule has 1 fully saturated rings. The van der Waals surface area contributed by atoms with Crippen molar-refractivity contribution in [2.24, 2.45) is 0 Å². The minimum Gasteiger partial charge on any atom is -0.491 e. The van der Waals surface area contributed by atoms with Gasteiger partial charge in [-0.25, -0.2) is 4.79 Å². The van der Waals surface area contributed by atoms with Crippen LogP contribution in [0.1, 0.15) is 74.7 Å². The quantitative estimate of drug-likeness (QED) is 0.621. The first kappa shape index (κ1) is 20.1. The second kappa shape index (κ2) is 8.30. The molecule has 0 saturated heterocycles. The average Bonchev–Trinajstić information content (AvgIpc) is 3.38. The lowest BCUT2D eigenvalue weighted by Crippen LogP contribution is -2.32. The molecule has 8 heteroatoms. The highest BCUT2D eigenvalue weighted by molar-refractivity contribution is 5.96. The van der Waals surface area contributed by atoms with Crippen molar-refractivity contribution < 1.29 is 13.9 Å². The molecule has 0 aliphatic heterocycles. The molecular formula is C22H26N4O4. The summed E-state index contributed by atoms with van der Waals surface area (Å²) in [5, 5.41) is 11.7. The van der Waals surface area contributed by atoms with Crippen LogP contribution < -0.4 is 15.7 Å². The maximum atomic E-state index is 12.8. The second-order valence-electron chi connectivity index (χ2n) is 8.04. The van der Waals surface area contributed by atoms with E-state index in [2.05, 4.69) is 15.5 Å². The van der Waals surface area contributed by atoms with Crippen LogP contribution in [0, 0.1) is 0 Å². The van der Waals surface area contributed by atoms with E-state index in [9.17, 15) is 9.59 Å². The molecule has 1 N–H and O–H groups in total. The van der Waals surface area contributed by atoms with E-state index in [0.717, 1.165) is 12.8 Å². The fourth-order valence-electron chi connectivity index (χ4n) is 3.96. The monoisotopic (exact) mass is 410 g/mol. The van der Waals surface area contributed by atoms with Gasteiger partial charge in [-0.1, -0.05) is 12.8 Å². The number of carbonyl (C=O) groups is 1. The van der Waals surface area contributed by atoms with E-state index in [-0.39, 0.29) is 11.7 Å². The van der Waals surface area contributed by atoms with Gasteiger partial charge in [0, 0.05) is 17.5 Å². The van der Waals surface area contributed by atoms with E-state index in [1.807, 2.05) is 25.3 Å². The molecule has 1 aliphatic carbocycles. The van der Waals surface area contributed by atoms with Crippen molar-refractivity contribution in [3.05, 3.63) is 52.4 Å². The van der Waals surface area contributed by atoms with Crippen molar-refractivity contribution in [2.45, 2.75) is 64.6 Å². The van der Waals surface area contributed by atoms with Gasteiger partial charge in [0.15, 0.2) is 5.82 Å². The summed E-state index contributed by atoms with van der Waals surface area (Å²) in [4.78, 5) is 25.3. The van der Waals surface area contributed by atoms with Gasteiger partial charge >= 0.3 is 5.63 Å². The van der Waals surface area contributed by atoms with Crippen molar-refractivity contribution in [1.82, 2.24) is 20.1 Å². The molecule has 1 saturated carbocycles. The molecule has 1 aromatic carbocycles. The predicted octanol–water partition coefficient (Wildman–Crippen LogP) is 3.78. The summed E-state index contributed by atoms with van der Waals surface area (Å²) in [7, 11) is 0. The summed E-state index contributed by atoms with van der Waals surface area (Å²) < 4.78 is 13.1. The van der Waals surface area contributed by atoms with Gasteiger partial charge in [0.05, 0.1) is 12.1 Å². The molecule has 30 heavy (non-hydrogen) atoms. The molecular weight excluding hydrogens is 384 g/mol. The van der Waals surface area contributed by atoms with Crippen molar-refractivity contribution >= 4 is 16.9 Å². The van der Waals surface area contributed by atoms with E-state index in [4.69, 9.17) is 9.15 Å². The highest BCUT2D eigenvalue weighted by atomic mass is 16.5. The molecule has 3 aromatic rings. The maximum Gasteiger partial charge on any atom is 0.349 e. The maximum absolute atomic E-state index is 12.8. The van der Waals surface area contributed by atoms with Crippen LogP contribution in [0.4, 0.5) is 0 Å². The number of aromatic nitrogens is 3. The Labute approximate surface area is 174 Å². The predicted molar refractivity (Wildman–Crippen MR) is 112 cm³/mol. The Hall–Kier alpha value is -3.16. The molecule has 1 amide bonds. The van der Waals surface area contributed by atoms with Crippen molar-refractivity contribution in [2.75, 3.05) is 0 Å². The Morgan fingerprint density at radius 1 is 1.23 bits per heavy atom. The third-order valence-corrected chi connectivity index (χ3v) is 5.38. The van der Waals surface area contributed by atoms with Crippen LogP contribution in [0.3, 0.4) is 0 Å². The Morgan fingerprint density at radius 2 is 2.00 bits per heavy atom. The third-order valence-electron chi connectivity index (χ3n) is 5.38. The van der Waals surface area contributed by atoms with Crippen LogP contribution >= 0.6 is 0 Å². The highest BCUT2D eigenvalue weighted by Crippen LogP contribution is 2.31. The summed E-state index contributed by atoms with van der Waals surface area (Å²) in [5.74, 6) is 0.801. The molecule has 2 heterocycles. The van der Waals surface area contributed by atoms with E-state index in [1.54, 1.807) is 30.6 Å². The molecule has 1 unspecified atom stereocenters. The van der Waals surface area contributed by atoms with Gasteiger partial charge < -0.3 is 19.0 Å². The van der Waals surface area contributed by atoms with Crippen LogP contribution in [0.5, 0.6) is 5.75 Å². The molecule has 0 bridgehead atoms. The number of hydrogen-bond acceptors (Lipinski definition) is 6. The van der Waals surface area contributed by atoms with E-state index in [1.165, 1.54) is 12.8 Å². The summed E-state index contributed by atoms with van der Waals surface area (Å²) >= 11 is 0. The SMILES string of the molecule is CC(C)Oc1ccc2cc(C(=O)NC(C)c3nncn3C3CCCC3)c(=O)oc2c1. The number of hydrogen-bond donors (Lipinski definition) is 1. The van der Waals surface area contributed by atoms with Gasteiger partial charge in [0.1, 0.15) is 23.2 Å². The van der Waals surface area contributed by atoms with Gasteiger partial charge in [0.25, 0.3) is 5.91 Å². The highest BCUT2D eigenvalue weighted by Gasteiger charge is 2.24. The zero-order chi connectivity index (χ0) is 21.3. The van der Waals surface area contributed by atoms with Gasteiger partial charge in [-0.2, -0.15) is 0 Å². The fraction of sp³-hybridized carbons (Fsp3) is 0.455. The van der Waals surface area contributed by atoms with Crippen molar-refractivity contribution in [1.29, 1.82) is 0 Å². The number of nitrogens with one attached hydrogen (secondary N) is 1. The number of fused-ring (bicyclic) bond motifs is 1. The Kier molecular flexibility index (Phi) is 5.57. The molecule has 1 aliphatic rings. The first-order chi connectivity index (χ1) is 14.4. The third kappa shape index (κ3) is 4.08. The second-order valence-corrected chi connectivity index (χ2v) is 8.04. The lowest BCUT2D eigenvalue weighted by atomic mass is 10.1. The first-order valence-electron chi connectivity index (χ1n) is 10.4. The fourth-order valence-corrected chi connectivity index (χ4v) is 3.96. The van der Waals surface area contributed by atoms with Gasteiger partial charge in [-0.05, 0) is 51.8 Å². The minimum atomic E-state index is -0.689. The van der Waals surface area contributed by atoms with Crippen LogP contribution in [0.2, 0.25) is 0 Å². The molecule has 158 valence electrons. The lowest BCUT2D eigenvalue weighted by Gasteiger charge is -2.18.